The molecule has 154 valence electrons. The van der Waals surface area contributed by atoms with Crippen LogP contribution in [0.1, 0.15) is 16.1 Å². The third kappa shape index (κ3) is 4.63. The average Bonchev–Trinajstić information content (AvgIpc) is 2.79. The third-order valence-corrected chi connectivity index (χ3v) is 5.11. The van der Waals surface area contributed by atoms with Crippen LogP contribution in [0.15, 0.2) is 70.2 Å². The fourth-order valence-electron chi connectivity index (χ4n) is 3.19. The predicted molar refractivity (Wildman–Crippen MR) is 113 cm³/mol. The fraction of sp³-hybridized carbons (Fsp3) is 0.227. The molecule has 1 fully saturated rings. The van der Waals surface area contributed by atoms with E-state index in [1.54, 1.807) is 23.2 Å². The quantitative estimate of drug-likeness (QED) is 0.624. The van der Waals surface area contributed by atoms with Crippen molar-refractivity contribution in [1.82, 2.24) is 9.88 Å². The number of benzene rings is 1. The molecule has 0 N–H and O–H groups in total. The highest BCUT2D eigenvalue weighted by Crippen LogP contribution is 2.16. The highest BCUT2D eigenvalue weighted by molar-refractivity contribution is 6.30. The van der Waals surface area contributed by atoms with Gasteiger partial charge in [-0.25, -0.2) is 4.98 Å². The van der Waals surface area contributed by atoms with Crippen molar-refractivity contribution in [2.75, 3.05) is 31.1 Å². The molecule has 3 aromatic rings. The molecule has 1 aliphatic heterocycles. The lowest BCUT2D eigenvalue weighted by Crippen LogP contribution is -2.49. The van der Waals surface area contributed by atoms with E-state index >= 15 is 0 Å². The topological polar surface area (TPSA) is 75.9 Å². The van der Waals surface area contributed by atoms with E-state index in [0.29, 0.717) is 31.2 Å². The number of amides is 1. The summed E-state index contributed by atoms with van der Waals surface area (Å²) >= 11 is 5.86. The van der Waals surface area contributed by atoms with Crippen LogP contribution in [0.25, 0.3) is 0 Å². The molecule has 8 heteroatoms. The van der Waals surface area contributed by atoms with Crippen LogP contribution < -0.4 is 15.1 Å². The largest absolute Gasteiger partial charge is 0.482 e. The second-order valence-corrected chi connectivity index (χ2v) is 7.29. The van der Waals surface area contributed by atoms with Crippen molar-refractivity contribution < 1.29 is 13.9 Å². The molecule has 1 amide bonds. The van der Waals surface area contributed by atoms with Gasteiger partial charge in [0.25, 0.3) is 5.91 Å². The molecule has 0 unspecified atom stereocenters. The van der Waals surface area contributed by atoms with Crippen LogP contribution in [0, 0.1) is 0 Å². The molecule has 7 nitrogen and oxygen atoms in total. The number of carbonyl (C=O) groups is 1. The van der Waals surface area contributed by atoms with Crippen LogP contribution in [-0.2, 0) is 6.61 Å². The van der Waals surface area contributed by atoms with Gasteiger partial charge in [0, 0.05) is 43.5 Å². The van der Waals surface area contributed by atoms with E-state index in [-0.39, 0.29) is 24.0 Å². The van der Waals surface area contributed by atoms with Crippen LogP contribution in [0.3, 0.4) is 0 Å². The summed E-state index contributed by atoms with van der Waals surface area (Å²) in [5, 5.41) is 0.627. The molecular weight excluding hydrogens is 406 g/mol. The Kier molecular flexibility index (Phi) is 5.99. The number of pyridine rings is 1. The van der Waals surface area contributed by atoms with Crippen molar-refractivity contribution in [1.29, 1.82) is 0 Å². The molecule has 0 atom stereocenters. The van der Waals surface area contributed by atoms with Crippen molar-refractivity contribution in [3.8, 4) is 5.75 Å². The highest BCUT2D eigenvalue weighted by atomic mass is 35.5. The Balaban J connectivity index is 1.36. The van der Waals surface area contributed by atoms with Crippen LogP contribution >= 0.6 is 11.6 Å². The maximum atomic E-state index is 12.7. The van der Waals surface area contributed by atoms with Crippen LogP contribution in [0.2, 0.25) is 5.02 Å². The summed E-state index contributed by atoms with van der Waals surface area (Å²) in [4.78, 5) is 33.2. The zero-order chi connectivity index (χ0) is 20.9. The van der Waals surface area contributed by atoms with Crippen molar-refractivity contribution in [2.45, 2.75) is 6.61 Å². The lowest BCUT2D eigenvalue weighted by atomic mass is 10.2. The molecule has 1 saturated heterocycles. The van der Waals surface area contributed by atoms with E-state index in [2.05, 4.69) is 9.88 Å². The Hall–Kier alpha value is -3.32. The Morgan fingerprint density at radius 1 is 1.10 bits per heavy atom. The van der Waals surface area contributed by atoms with Gasteiger partial charge in [-0.3, -0.25) is 9.59 Å². The molecule has 30 heavy (non-hydrogen) atoms. The zero-order valence-corrected chi connectivity index (χ0v) is 16.9. The van der Waals surface area contributed by atoms with E-state index in [1.165, 1.54) is 12.3 Å². The first-order valence-corrected chi connectivity index (χ1v) is 9.93. The number of hydrogen-bond donors (Lipinski definition) is 0. The summed E-state index contributed by atoms with van der Waals surface area (Å²) in [5.41, 5.74) is 0.468. The fourth-order valence-corrected chi connectivity index (χ4v) is 3.32. The van der Waals surface area contributed by atoms with Gasteiger partial charge in [0.05, 0.1) is 0 Å². The highest BCUT2D eigenvalue weighted by Gasteiger charge is 2.24. The summed E-state index contributed by atoms with van der Waals surface area (Å²) in [6, 6.07) is 14.1. The zero-order valence-electron chi connectivity index (χ0n) is 16.2. The van der Waals surface area contributed by atoms with E-state index in [4.69, 9.17) is 20.8 Å². The number of aromatic nitrogens is 1. The smallest absolute Gasteiger partial charge is 0.289 e. The SMILES string of the molecule is O=C(c1cc(=O)c(OCc2ccc(Cl)cc2)co1)N1CCN(c2ccccn2)CC1. The summed E-state index contributed by atoms with van der Waals surface area (Å²) in [6.07, 6.45) is 2.94. The molecule has 1 aromatic carbocycles. The lowest BCUT2D eigenvalue weighted by Gasteiger charge is -2.35. The van der Waals surface area contributed by atoms with E-state index in [0.717, 1.165) is 11.4 Å². The summed E-state index contributed by atoms with van der Waals surface area (Å²) in [6.45, 7) is 2.57. The third-order valence-electron chi connectivity index (χ3n) is 4.86. The van der Waals surface area contributed by atoms with Crippen molar-refractivity contribution in [2.24, 2.45) is 0 Å². The first kappa shape index (κ1) is 20.0. The van der Waals surface area contributed by atoms with Gasteiger partial charge in [-0.1, -0.05) is 29.8 Å². The molecule has 3 heterocycles. The van der Waals surface area contributed by atoms with E-state index in [9.17, 15) is 9.59 Å². The molecule has 0 radical (unpaired) electrons. The predicted octanol–water partition coefficient (Wildman–Crippen LogP) is 3.23. The second kappa shape index (κ2) is 9.00. The van der Waals surface area contributed by atoms with E-state index in [1.807, 2.05) is 30.3 Å². The maximum Gasteiger partial charge on any atom is 0.289 e. The Labute approximate surface area is 178 Å². The number of rotatable bonds is 5. The Morgan fingerprint density at radius 3 is 2.53 bits per heavy atom. The molecule has 2 aromatic heterocycles. The van der Waals surface area contributed by atoms with Crippen LogP contribution in [-0.4, -0.2) is 42.0 Å². The number of carbonyl (C=O) groups excluding carboxylic acids is 1. The van der Waals surface area contributed by atoms with E-state index < -0.39 is 5.43 Å². The summed E-state index contributed by atoms with van der Waals surface area (Å²) in [7, 11) is 0. The Bertz CT molecular complexity index is 1060. The molecule has 0 spiro atoms. The molecule has 1 aliphatic rings. The second-order valence-electron chi connectivity index (χ2n) is 6.86. The average molecular weight is 426 g/mol. The van der Waals surface area contributed by atoms with Gasteiger partial charge < -0.3 is 19.0 Å². The van der Waals surface area contributed by atoms with Crippen molar-refractivity contribution >= 4 is 23.3 Å². The number of anilines is 1. The van der Waals surface area contributed by atoms with Gasteiger partial charge in [0.15, 0.2) is 5.76 Å². The number of ether oxygens (including phenoxy) is 1. The minimum atomic E-state index is -0.398. The van der Waals surface area contributed by atoms with Gasteiger partial charge in [-0.2, -0.15) is 0 Å². The maximum absolute atomic E-state index is 12.7. The standard InChI is InChI=1S/C22H20ClN3O4/c23-17-6-4-16(5-7-17)14-29-20-15-30-19(13-18(20)27)22(28)26-11-9-25(10-12-26)21-3-1-2-8-24-21/h1-8,13,15H,9-12,14H2. The number of nitrogens with zero attached hydrogens (tertiary/aromatic N) is 3. The number of halogens is 1. The van der Waals surface area contributed by atoms with Crippen molar-refractivity contribution in [3.63, 3.8) is 0 Å². The monoisotopic (exact) mass is 425 g/mol. The molecule has 0 saturated carbocycles. The van der Waals surface area contributed by atoms with Gasteiger partial charge in [-0.05, 0) is 29.8 Å². The molecular formula is C22H20ClN3O4. The minimum absolute atomic E-state index is 0.00475. The summed E-state index contributed by atoms with van der Waals surface area (Å²) < 4.78 is 10.9. The molecule has 0 bridgehead atoms. The first-order chi connectivity index (χ1) is 14.6. The minimum Gasteiger partial charge on any atom is -0.482 e. The molecule has 4 rings (SSSR count). The first-order valence-electron chi connectivity index (χ1n) is 9.55. The Morgan fingerprint density at radius 2 is 1.87 bits per heavy atom. The lowest BCUT2D eigenvalue weighted by molar-refractivity contribution is 0.0710. The van der Waals surface area contributed by atoms with Gasteiger partial charge in [0.2, 0.25) is 11.2 Å². The van der Waals surface area contributed by atoms with Crippen LogP contribution in [0.5, 0.6) is 5.75 Å². The summed E-state index contributed by atoms with van der Waals surface area (Å²) in [5.74, 6) is 0.641. The number of hydrogen-bond acceptors (Lipinski definition) is 6. The van der Waals surface area contributed by atoms with Crippen LogP contribution in [0.4, 0.5) is 5.82 Å². The number of piperazine rings is 1. The van der Waals surface area contributed by atoms with Gasteiger partial charge in [0.1, 0.15) is 18.7 Å². The van der Waals surface area contributed by atoms with Gasteiger partial charge >= 0.3 is 0 Å². The molecule has 0 aliphatic carbocycles. The van der Waals surface area contributed by atoms with Gasteiger partial charge in [-0.15, -0.1) is 0 Å². The normalized spacial score (nSPS) is 13.9. The van der Waals surface area contributed by atoms with Crippen molar-refractivity contribution in [3.05, 3.63) is 87.6 Å².